The van der Waals surface area contributed by atoms with Gasteiger partial charge in [-0.15, -0.1) is 12.4 Å². The molecule has 0 spiro atoms. The molecule has 2 aliphatic heterocycles. The molecule has 2 aromatic carbocycles. The second-order valence-corrected chi connectivity index (χ2v) is 8.90. The second-order valence-electron chi connectivity index (χ2n) is 8.46. The van der Waals surface area contributed by atoms with E-state index < -0.39 is 5.97 Å². The minimum absolute atomic E-state index is 0. The summed E-state index contributed by atoms with van der Waals surface area (Å²) in [5.41, 5.74) is 2.85. The van der Waals surface area contributed by atoms with Gasteiger partial charge in [-0.3, -0.25) is 4.79 Å². The smallest absolute Gasteiger partial charge is 0.335 e. The summed E-state index contributed by atoms with van der Waals surface area (Å²) < 4.78 is 0. The van der Waals surface area contributed by atoms with E-state index in [0.29, 0.717) is 35.4 Å². The van der Waals surface area contributed by atoms with Crippen LogP contribution in [0.2, 0.25) is 5.02 Å². The maximum atomic E-state index is 13.0. The number of carbonyl (C=O) groups excluding carboxylic acids is 1. The molecular formula is C24H28Cl2N2O3. The first-order valence-corrected chi connectivity index (χ1v) is 11.0. The quantitative estimate of drug-likeness (QED) is 0.629. The van der Waals surface area contributed by atoms with Crippen LogP contribution in [-0.4, -0.2) is 36.6 Å². The van der Waals surface area contributed by atoms with E-state index in [-0.39, 0.29) is 23.9 Å². The number of amides is 1. The van der Waals surface area contributed by atoms with E-state index in [4.69, 9.17) is 16.7 Å². The number of carboxylic acid groups (broad SMARTS) is 1. The Balaban J connectivity index is 0.00000272. The van der Waals surface area contributed by atoms with Crippen molar-refractivity contribution in [3.63, 3.8) is 0 Å². The number of rotatable bonds is 6. The number of hydrogen-bond acceptors (Lipinski definition) is 3. The summed E-state index contributed by atoms with van der Waals surface area (Å²) in [4.78, 5) is 26.3. The third-order valence-corrected chi connectivity index (χ3v) is 6.60. The van der Waals surface area contributed by atoms with Crippen LogP contribution in [0.3, 0.4) is 0 Å². The zero-order valence-electron chi connectivity index (χ0n) is 17.4. The van der Waals surface area contributed by atoms with Crippen LogP contribution in [0.5, 0.6) is 0 Å². The number of halogens is 2. The van der Waals surface area contributed by atoms with Crippen molar-refractivity contribution in [2.24, 2.45) is 11.8 Å². The third-order valence-electron chi connectivity index (χ3n) is 6.37. The van der Waals surface area contributed by atoms with Crippen molar-refractivity contribution in [1.82, 2.24) is 5.32 Å². The van der Waals surface area contributed by atoms with E-state index in [1.807, 2.05) is 12.1 Å². The summed E-state index contributed by atoms with van der Waals surface area (Å²) in [7, 11) is 0. The largest absolute Gasteiger partial charge is 0.478 e. The van der Waals surface area contributed by atoms with Gasteiger partial charge in [0.25, 0.3) is 5.91 Å². The molecule has 0 unspecified atom stereocenters. The van der Waals surface area contributed by atoms with Gasteiger partial charge in [-0.25, -0.2) is 4.79 Å². The van der Waals surface area contributed by atoms with Gasteiger partial charge in [-0.1, -0.05) is 23.7 Å². The fraction of sp³-hybridized carbons (Fsp3) is 0.417. The molecule has 2 aromatic rings. The van der Waals surface area contributed by atoms with Crippen LogP contribution in [0, 0.1) is 11.8 Å². The molecule has 2 N–H and O–H groups in total. The van der Waals surface area contributed by atoms with Crippen molar-refractivity contribution in [2.45, 2.75) is 32.1 Å². The van der Waals surface area contributed by atoms with Crippen molar-refractivity contribution >= 4 is 41.6 Å². The first-order chi connectivity index (χ1) is 14.5. The van der Waals surface area contributed by atoms with Gasteiger partial charge in [-0.05, 0) is 79.8 Å². The molecule has 3 fully saturated rings. The molecule has 1 saturated carbocycles. The summed E-state index contributed by atoms with van der Waals surface area (Å²) in [6, 6.07) is 12.4. The Kier molecular flexibility index (Phi) is 7.84. The van der Waals surface area contributed by atoms with Gasteiger partial charge in [0.05, 0.1) is 11.1 Å². The Labute approximate surface area is 194 Å². The van der Waals surface area contributed by atoms with Crippen molar-refractivity contribution in [2.75, 3.05) is 24.5 Å². The van der Waals surface area contributed by atoms with E-state index in [1.165, 1.54) is 25.7 Å². The SMILES string of the molecule is Cl.O=C(O)c1ccc(CCNC(=O)c2cc(Cl)ccc2N2CC3CCC(CC3)C2)cc1. The molecule has 1 aliphatic carbocycles. The number of carbonyl (C=O) groups is 2. The van der Waals surface area contributed by atoms with Crippen LogP contribution in [0.1, 0.15) is 52.0 Å². The van der Waals surface area contributed by atoms with Gasteiger partial charge >= 0.3 is 5.97 Å². The number of hydrogen-bond donors (Lipinski definition) is 2. The molecule has 1 amide bonds. The van der Waals surface area contributed by atoms with Crippen LogP contribution < -0.4 is 10.2 Å². The van der Waals surface area contributed by atoms with E-state index in [1.54, 1.807) is 30.3 Å². The fourth-order valence-electron chi connectivity index (χ4n) is 4.69. The Morgan fingerprint density at radius 2 is 1.61 bits per heavy atom. The highest BCUT2D eigenvalue weighted by molar-refractivity contribution is 6.31. The lowest BCUT2D eigenvalue weighted by Gasteiger charge is -2.27. The average molecular weight is 463 g/mol. The van der Waals surface area contributed by atoms with Crippen LogP contribution in [-0.2, 0) is 6.42 Å². The summed E-state index contributed by atoms with van der Waals surface area (Å²) in [5.74, 6) is 0.366. The molecule has 0 atom stereocenters. The number of carboxylic acids is 1. The van der Waals surface area contributed by atoms with Crippen molar-refractivity contribution in [1.29, 1.82) is 0 Å². The molecule has 0 aromatic heterocycles. The van der Waals surface area contributed by atoms with Crippen LogP contribution in [0.15, 0.2) is 42.5 Å². The normalized spacial score (nSPS) is 20.0. The van der Waals surface area contributed by atoms with Gasteiger partial charge in [0.15, 0.2) is 0 Å². The molecule has 5 rings (SSSR count). The van der Waals surface area contributed by atoms with Crippen LogP contribution in [0.25, 0.3) is 0 Å². The Morgan fingerprint density at radius 1 is 1.00 bits per heavy atom. The summed E-state index contributed by atoms with van der Waals surface area (Å²) in [6.07, 6.45) is 5.79. The lowest BCUT2D eigenvalue weighted by Crippen LogP contribution is -2.32. The summed E-state index contributed by atoms with van der Waals surface area (Å²) in [6.45, 7) is 2.49. The first-order valence-electron chi connectivity index (χ1n) is 10.6. The maximum absolute atomic E-state index is 13.0. The van der Waals surface area contributed by atoms with Gasteiger partial charge < -0.3 is 15.3 Å². The van der Waals surface area contributed by atoms with Crippen LogP contribution in [0.4, 0.5) is 5.69 Å². The number of benzene rings is 2. The number of fused-ring (bicyclic) bond motifs is 4. The monoisotopic (exact) mass is 462 g/mol. The van der Waals surface area contributed by atoms with Gasteiger partial charge in [0.1, 0.15) is 0 Å². The highest BCUT2D eigenvalue weighted by Gasteiger charge is 2.31. The topological polar surface area (TPSA) is 69.6 Å². The third kappa shape index (κ3) is 5.72. The second kappa shape index (κ2) is 10.4. The molecule has 7 heteroatoms. The molecular weight excluding hydrogens is 435 g/mol. The van der Waals surface area contributed by atoms with E-state index in [0.717, 1.165) is 24.3 Å². The molecule has 2 bridgehead atoms. The summed E-state index contributed by atoms with van der Waals surface area (Å²) >= 11 is 6.23. The molecule has 0 radical (unpaired) electrons. The minimum Gasteiger partial charge on any atom is -0.478 e. The average Bonchev–Trinajstić information content (AvgIpc) is 3.08. The highest BCUT2D eigenvalue weighted by atomic mass is 35.5. The molecule has 2 saturated heterocycles. The van der Waals surface area contributed by atoms with E-state index in [9.17, 15) is 9.59 Å². The molecule has 31 heavy (non-hydrogen) atoms. The standard InChI is InChI=1S/C24H27ClN2O3.ClH/c25-20-9-10-22(27-14-17-1-2-18(15-27)4-3-17)21(13-20)23(28)26-12-11-16-5-7-19(8-6-16)24(29)30;/h5-10,13,17-18H,1-4,11-12,14-15H2,(H,26,28)(H,29,30);1H. The predicted molar refractivity (Wildman–Crippen MR) is 126 cm³/mol. The zero-order valence-corrected chi connectivity index (χ0v) is 18.9. The van der Waals surface area contributed by atoms with Gasteiger partial charge in [0, 0.05) is 30.3 Å². The Hall–Kier alpha value is -2.24. The lowest BCUT2D eigenvalue weighted by molar-refractivity contribution is 0.0696. The minimum atomic E-state index is -0.940. The molecule has 5 nitrogen and oxygen atoms in total. The highest BCUT2D eigenvalue weighted by Crippen LogP contribution is 2.37. The van der Waals surface area contributed by atoms with Crippen molar-refractivity contribution in [3.05, 3.63) is 64.2 Å². The zero-order chi connectivity index (χ0) is 21.1. The lowest BCUT2D eigenvalue weighted by atomic mass is 9.84. The number of nitrogens with one attached hydrogen (secondary N) is 1. The van der Waals surface area contributed by atoms with E-state index >= 15 is 0 Å². The molecule has 2 heterocycles. The predicted octanol–water partition coefficient (Wildman–Crippen LogP) is 5.06. The number of nitrogens with zero attached hydrogens (tertiary/aromatic N) is 1. The maximum Gasteiger partial charge on any atom is 0.335 e. The van der Waals surface area contributed by atoms with Crippen molar-refractivity contribution < 1.29 is 14.7 Å². The molecule has 3 aliphatic rings. The molecule has 166 valence electrons. The van der Waals surface area contributed by atoms with Gasteiger partial charge in [0.2, 0.25) is 0 Å². The first kappa shape index (κ1) is 23.4. The van der Waals surface area contributed by atoms with E-state index in [2.05, 4.69) is 10.2 Å². The van der Waals surface area contributed by atoms with Crippen molar-refractivity contribution in [3.8, 4) is 0 Å². The number of anilines is 1. The number of aromatic carboxylic acids is 1. The van der Waals surface area contributed by atoms with Crippen LogP contribution >= 0.6 is 24.0 Å². The Bertz CT molecular complexity index is 911. The summed E-state index contributed by atoms with van der Waals surface area (Å²) in [5, 5.41) is 12.6. The van der Waals surface area contributed by atoms with Gasteiger partial charge in [-0.2, -0.15) is 0 Å². The Morgan fingerprint density at radius 3 is 2.19 bits per heavy atom. The fourth-order valence-corrected chi connectivity index (χ4v) is 4.86.